The number of nitrogens with zero attached hydrogens (tertiary/aromatic N) is 1. The molecule has 1 heteroatoms. The highest BCUT2D eigenvalue weighted by Crippen LogP contribution is 2.58. The fourth-order valence-electron chi connectivity index (χ4n) is 6.08. The minimum absolute atomic E-state index is 0.383. The van der Waals surface area contributed by atoms with Crippen LogP contribution >= 0.6 is 0 Å². The maximum absolute atomic E-state index is 9.19. The summed E-state index contributed by atoms with van der Waals surface area (Å²) in [5, 5.41) is 9.19. The predicted molar refractivity (Wildman–Crippen MR) is 143 cm³/mol. The van der Waals surface area contributed by atoms with Gasteiger partial charge in [-0.15, -0.1) is 0 Å². The van der Waals surface area contributed by atoms with Crippen LogP contribution in [-0.2, 0) is 5.41 Å². The van der Waals surface area contributed by atoms with Crippen molar-refractivity contribution in [3.05, 3.63) is 154 Å². The van der Waals surface area contributed by atoms with Gasteiger partial charge in [-0.25, -0.2) is 0 Å². The van der Waals surface area contributed by atoms with Crippen LogP contribution in [0.4, 0.5) is 0 Å². The number of hydrogen-bond acceptors (Lipinski definition) is 1. The van der Waals surface area contributed by atoms with E-state index in [0.717, 1.165) is 11.1 Å². The van der Waals surface area contributed by atoms with Crippen LogP contribution in [0.25, 0.3) is 34.4 Å². The number of fused-ring (bicyclic) bond motifs is 9. The van der Waals surface area contributed by atoms with E-state index in [1.165, 1.54) is 44.5 Å². The summed E-state index contributed by atoms with van der Waals surface area (Å²) in [4.78, 5) is 0. The van der Waals surface area contributed by atoms with Gasteiger partial charge in [-0.05, 0) is 73.8 Å². The van der Waals surface area contributed by atoms with E-state index in [-0.39, 0.29) is 5.41 Å². The average Bonchev–Trinajstić information content (AvgIpc) is 3.14. The minimum atomic E-state index is -0.383. The molecule has 1 spiro atoms. The van der Waals surface area contributed by atoms with Gasteiger partial charge in [0.2, 0.25) is 0 Å². The van der Waals surface area contributed by atoms with Crippen molar-refractivity contribution in [2.75, 3.05) is 0 Å². The van der Waals surface area contributed by atoms with E-state index in [2.05, 4.69) is 109 Å². The number of nitriles is 1. The zero-order chi connectivity index (χ0) is 23.4. The molecule has 0 fully saturated rings. The molecular weight excluding hydrogens is 422 g/mol. The van der Waals surface area contributed by atoms with Crippen LogP contribution in [0, 0.1) is 11.3 Å². The zero-order valence-electron chi connectivity index (χ0n) is 19.1. The Morgan fingerprint density at radius 2 is 1.03 bits per heavy atom. The highest BCUT2D eigenvalue weighted by Gasteiger charge is 2.48. The molecule has 0 N–H and O–H groups in total. The van der Waals surface area contributed by atoms with Gasteiger partial charge in [-0.3, -0.25) is 0 Å². The molecule has 0 aromatic heterocycles. The first-order chi connectivity index (χ1) is 17.3. The Balaban J connectivity index is 1.57. The molecule has 0 bridgehead atoms. The quantitative estimate of drug-likeness (QED) is 0.252. The van der Waals surface area contributed by atoms with E-state index < -0.39 is 0 Å². The molecule has 0 aliphatic heterocycles. The summed E-state index contributed by atoms with van der Waals surface area (Å²) < 4.78 is 0. The van der Waals surface area contributed by atoms with Crippen molar-refractivity contribution in [2.24, 2.45) is 0 Å². The van der Waals surface area contributed by atoms with Crippen molar-refractivity contribution in [1.82, 2.24) is 0 Å². The molecule has 1 nitrogen and oxygen atoms in total. The minimum Gasteiger partial charge on any atom is -0.192 e. The van der Waals surface area contributed by atoms with Crippen LogP contribution < -0.4 is 0 Å². The van der Waals surface area contributed by atoms with Crippen molar-refractivity contribution in [1.29, 1.82) is 5.26 Å². The Kier molecular flexibility index (Phi) is 4.19. The van der Waals surface area contributed by atoms with E-state index in [9.17, 15) is 5.26 Å². The van der Waals surface area contributed by atoms with Gasteiger partial charge in [0.1, 0.15) is 0 Å². The first-order valence-electron chi connectivity index (χ1n) is 11.9. The molecule has 0 heterocycles. The summed E-state index contributed by atoms with van der Waals surface area (Å²) in [6.45, 7) is 0. The molecule has 5 aromatic carbocycles. The second-order valence-electron chi connectivity index (χ2n) is 9.25. The lowest BCUT2D eigenvalue weighted by Crippen LogP contribution is -2.29. The lowest BCUT2D eigenvalue weighted by Gasteiger charge is -2.35. The molecule has 0 atom stereocenters. The second kappa shape index (κ2) is 7.42. The van der Waals surface area contributed by atoms with Gasteiger partial charge >= 0.3 is 0 Å². The average molecular weight is 444 g/mol. The smallest absolute Gasteiger partial charge is 0.0991 e. The summed E-state index contributed by atoms with van der Waals surface area (Å²) in [7, 11) is 0. The van der Waals surface area contributed by atoms with Crippen LogP contribution in [0.15, 0.2) is 115 Å². The molecule has 0 unspecified atom stereocenters. The molecule has 35 heavy (non-hydrogen) atoms. The fourth-order valence-corrected chi connectivity index (χ4v) is 6.08. The number of benzene rings is 5. The van der Waals surface area contributed by atoms with Crippen LogP contribution in [0.2, 0.25) is 0 Å². The summed E-state index contributed by atoms with van der Waals surface area (Å²) in [6.07, 6.45) is 4.52. The molecule has 0 radical (unpaired) electrons. The van der Waals surface area contributed by atoms with Gasteiger partial charge < -0.3 is 0 Å². The molecule has 0 amide bonds. The van der Waals surface area contributed by atoms with E-state index in [0.29, 0.717) is 5.56 Å². The Morgan fingerprint density at radius 3 is 1.71 bits per heavy atom. The van der Waals surface area contributed by atoms with E-state index in [4.69, 9.17) is 0 Å². The third kappa shape index (κ3) is 2.68. The normalized spacial score (nSPS) is 13.8. The van der Waals surface area contributed by atoms with Gasteiger partial charge in [-0.1, -0.05) is 109 Å². The molecule has 2 aliphatic carbocycles. The van der Waals surface area contributed by atoms with Gasteiger partial charge in [0.25, 0.3) is 0 Å². The molecule has 2 aliphatic rings. The van der Waals surface area contributed by atoms with E-state index >= 15 is 0 Å². The Bertz CT molecular complexity index is 1650. The van der Waals surface area contributed by atoms with Gasteiger partial charge in [-0.2, -0.15) is 5.26 Å². The lowest BCUT2D eigenvalue weighted by molar-refractivity contribution is 0.766. The molecule has 162 valence electrons. The molecule has 5 aromatic rings. The highest BCUT2D eigenvalue weighted by atomic mass is 14.5. The Hall–Kier alpha value is -4.67. The van der Waals surface area contributed by atoms with E-state index in [1.807, 2.05) is 24.3 Å². The first-order valence-corrected chi connectivity index (χ1v) is 11.9. The van der Waals surface area contributed by atoms with Crippen molar-refractivity contribution in [3.63, 3.8) is 0 Å². The predicted octanol–water partition coefficient (Wildman–Crippen LogP) is 8.07. The zero-order valence-corrected chi connectivity index (χ0v) is 19.1. The van der Waals surface area contributed by atoms with Crippen molar-refractivity contribution >= 4 is 12.2 Å². The van der Waals surface area contributed by atoms with Crippen LogP contribution in [-0.4, -0.2) is 0 Å². The fraction of sp³-hybridized carbons (Fsp3) is 0.0294. The standard InChI is InChI=1S/C34H21N/c35-22-23-13-15-24(16-14-23)26-19-20-31-27(21-26)18-17-25-7-1-4-10-30(25)34(31)32-11-5-2-8-28(32)29-9-3-6-12-33(29)34/h1-21H. The molecule has 0 saturated carbocycles. The third-order valence-corrected chi connectivity index (χ3v) is 7.56. The van der Waals surface area contributed by atoms with Gasteiger partial charge in [0.15, 0.2) is 0 Å². The molecule has 7 rings (SSSR count). The summed E-state index contributed by atoms with van der Waals surface area (Å²) >= 11 is 0. The summed E-state index contributed by atoms with van der Waals surface area (Å²) in [5.74, 6) is 0. The van der Waals surface area contributed by atoms with Crippen LogP contribution in [0.1, 0.15) is 38.9 Å². The topological polar surface area (TPSA) is 23.8 Å². The molecule has 0 saturated heterocycles. The lowest BCUT2D eigenvalue weighted by atomic mass is 9.66. The Labute approximate surface area is 205 Å². The number of hydrogen-bond donors (Lipinski definition) is 0. The van der Waals surface area contributed by atoms with Crippen molar-refractivity contribution in [2.45, 2.75) is 5.41 Å². The maximum atomic E-state index is 9.19. The molecular formula is C34H21N. The van der Waals surface area contributed by atoms with Crippen molar-refractivity contribution in [3.8, 4) is 28.3 Å². The summed E-state index contributed by atoms with van der Waals surface area (Å²) in [6, 6.07) is 43.4. The monoisotopic (exact) mass is 443 g/mol. The van der Waals surface area contributed by atoms with Crippen LogP contribution in [0.3, 0.4) is 0 Å². The van der Waals surface area contributed by atoms with Crippen molar-refractivity contribution < 1.29 is 0 Å². The first kappa shape index (κ1) is 19.8. The third-order valence-electron chi connectivity index (χ3n) is 7.56. The van der Waals surface area contributed by atoms with Gasteiger partial charge in [0.05, 0.1) is 17.0 Å². The van der Waals surface area contributed by atoms with Gasteiger partial charge in [0, 0.05) is 0 Å². The second-order valence-corrected chi connectivity index (χ2v) is 9.25. The Morgan fingerprint density at radius 1 is 0.486 bits per heavy atom. The largest absolute Gasteiger partial charge is 0.192 e. The highest BCUT2D eigenvalue weighted by molar-refractivity contribution is 5.91. The number of rotatable bonds is 1. The SMILES string of the molecule is N#Cc1ccc(-c2ccc3c(c2)C=Cc2ccccc2C32c3ccccc3-c3ccccc32)cc1. The van der Waals surface area contributed by atoms with Crippen LogP contribution in [0.5, 0.6) is 0 Å². The summed E-state index contributed by atoms with van der Waals surface area (Å²) in [5.41, 5.74) is 12.9. The maximum Gasteiger partial charge on any atom is 0.0991 e. The van der Waals surface area contributed by atoms with E-state index in [1.54, 1.807) is 0 Å².